The van der Waals surface area contributed by atoms with Crippen molar-refractivity contribution in [2.45, 2.75) is 83.9 Å². The first-order valence-corrected chi connectivity index (χ1v) is 13.9. The molecule has 8 nitrogen and oxygen atoms in total. The zero-order valence-corrected chi connectivity index (χ0v) is 23.3. The van der Waals surface area contributed by atoms with Crippen LogP contribution in [0.25, 0.3) is 0 Å². The number of carboxylic acids is 1. The summed E-state index contributed by atoms with van der Waals surface area (Å²) < 4.78 is 6.05. The summed E-state index contributed by atoms with van der Waals surface area (Å²) in [6.45, 7) is 10.7. The molecule has 0 bridgehead atoms. The Hall–Kier alpha value is -2.97. The zero-order valence-electron chi connectivity index (χ0n) is 23.3. The predicted molar refractivity (Wildman–Crippen MR) is 153 cm³/mol. The molecule has 1 aromatic carbocycles. The first-order valence-electron chi connectivity index (χ1n) is 13.9. The van der Waals surface area contributed by atoms with Crippen molar-refractivity contribution in [2.75, 3.05) is 36.9 Å². The van der Waals surface area contributed by atoms with Crippen molar-refractivity contribution in [2.24, 2.45) is 0 Å². The van der Waals surface area contributed by atoms with E-state index in [2.05, 4.69) is 43.5 Å². The highest BCUT2D eigenvalue weighted by Crippen LogP contribution is 2.34. The van der Waals surface area contributed by atoms with E-state index >= 15 is 0 Å². The molecule has 206 valence electrons. The maximum Gasteiger partial charge on any atom is 0.325 e. The van der Waals surface area contributed by atoms with Crippen LogP contribution in [0.1, 0.15) is 81.8 Å². The number of hydrogen-bond acceptors (Lipinski definition) is 7. The molecule has 2 aliphatic rings. The normalized spacial score (nSPS) is 16.7. The Morgan fingerprint density at radius 2 is 2.03 bits per heavy atom. The Balaban J connectivity index is 1.24. The van der Waals surface area contributed by atoms with Gasteiger partial charge in [-0.3, -0.25) is 9.69 Å². The van der Waals surface area contributed by atoms with E-state index in [9.17, 15) is 9.90 Å². The number of aromatic nitrogens is 1. The molecule has 1 unspecified atom stereocenters. The predicted octanol–water partition coefficient (Wildman–Crippen LogP) is 5.28. The molecular weight excluding hydrogens is 478 g/mol. The lowest BCUT2D eigenvalue weighted by atomic mass is 9.92. The van der Waals surface area contributed by atoms with Crippen LogP contribution in [-0.4, -0.2) is 64.6 Å². The Bertz CT molecular complexity index is 1140. The van der Waals surface area contributed by atoms with E-state index in [0.29, 0.717) is 36.5 Å². The lowest BCUT2D eigenvalue weighted by Gasteiger charge is -2.43. The summed E-state index contributed by atoms with van der Waals surface area (Å²) in [5.74, 6) is 0.163. The van der Waals surface area contributed by atoms with Gasteiger partial charge in [-0.15, -0.1) is 0 Å². The molecule has 8 heteroatoms. The van der Waals surface area contributed by atoms with Gasteiger partial charge in [0, 0.05) is 54.4 Å². The molecule has 0 radical (unpaired) electrons. The van der Waals surface area contributed by atoms with Crippen LogP contribution < -0.4 is 10.6 Å². The Morgan fingerprint density at radius 3 is 2.74 bits per heavy atom. The number of unbranched alkanes of at least 4 members (excludes halogenated alkanes) is 2. The molecule has 0 spiro atoms. The summed E-state index contributed by atoms with van der Waals surface area (Å²) in [5.41, 5.74) is 4.75. The quantitative estimate of drug-likeness (QED) is 0.222. The molecule has 1 saturated heterocycles. The van der Waals surface area contributed by atoms with Crippen LogP contribution in [-0.2, 0) is 22.4 Å². The van der Waals surface area contributed by atoms with Gasteiger partial charge in [0.05, 0.1) is 6.10 Å². The van der Waals surface area contributed by atoms with Crippen LogP contribution in [0.2, 0.25) is 0 Å². The number of fused-ring (bicyclic) bond motifs is 1. The number of pyridine rings is 1. The number of rotatable bonds is 12. The average Bonchev–Trinajstić information content (AvgIpc) is 2.82. The lowest BCUT2D eigenvalue weighted by Crippen LogP contribution is -2.55. The highest BCUT2D eigenvalue weighted by atomic mass is 16.5. The number of ether oxygens (including phenoxy) is 1. The fourth-order valence-electron chi connectivity index (χ4n) is 5.34. The van der Waals surface area contributed by atoms with Crippen molar-refractivity contribution in [3.63, 3.8) is 0 Å². The molecule has 4 N–H and O–H groups in total. The number of carboxylic acid groups (broad SMARTS) is 1. The van der Waals surface area contributed by atoms with Gasteiger partial charge in [-0.05, 0) is 83.1 Å². The minimum absolute atomic E-state index is 0.0469. The van der Waals surface area contributed by atoms with Crippen molar-refractivity contribution in [1.29, 1.82) is 5.41 Å². The summed E-state index contributed by atoms with van der Waals surface area (Å²) in [7, 11) is 0. The van der Waals surface area contributed by atoms with Gasteiger partial charge in [0.2, 0.25) is 0 Å². The second-order valence-electron chi connectivity index (χ2n) is 11.6. The van der Waals surface area contributed by atoms with Crippen LogP contribution >= 0.6 is 0 Å². The molecule has 2 aromatic rings. The molecule has 2 aliphatic heterocycles. The molecule has 0 aliphatic carbocycles. The number of anilines is 2. The van der Waals surface area contributed by atoms with Crippen LogP contribution in [0.3, 0.4) is 0 Å². The minimum Gasteiger partial charge on any atom is -0.480 e. The summed E-state index contributed by atoms with van der Waals surface area (Å²) in [5, 5.41) is 25.3. The maximum atomic E-state index is 12.4. The lowest BCUT2D eigenvalue weighted by molar-refractivity contribution is -0.150. The van der Waals surface area contributed by atoms with Gasteiger partial charge in [-0.25, -0.2) is 4.98 Å². The fourth-order valence-corrected chi connectivity index (χ4v) is 5.34. The number of hydrogen-bond donors (Lipinski definition) is 4. The van der Waals surface area contributed by atoms with Crippen molar-refractivity contribution < 1.29 is 14.6 Å². The summed E-state index contributed by atoms with van der Waals surface area (Å²) in [6.07, 6.45) is 6.46. The molecule has 1 aromatic heterocycles. The smallest absolute Gasteiger partial charge is 0.325 e. The first kappa shape index (κ1) is 28.0. The van der Waals surface area contributed by atoms with Gasteiger partial charge in [-0.2, -0.15) is 0 Å². The van der Waals surface area contributed by atoms with Crippen LogP contribution in [0.4, 0.5) is 11.5 Å². The van der Waals surface area contributed by atoms with Crippen LogP contribution in [0, 0.1) is 5.41 Å². The molecule has 3 heterocycles. The third kappa shape index (κ3) is 7.11. The Kier molecular flexibility index (Phi) is 9.05. The Labute approximate surface area is 226 Å². The summed E-state index contributed by atoms with van der Waals surface area (Å²) >= 11 is 0. The first-order chi connectivity index (χ1) is 18.1. The zero-order chi connectivity index (χ0) is 27.3. The van der Waals surface area contributed by atoms with Crippen molar-refractivity contribution in [3.05, 3.63) is 52.7 Å². The largest absolute Gasteiger partial charge is 0.480 e. The number of nitrogens with one attached hydrogen (secondary N) is 3. The van der Waals surface area contributed by atoms with Crippen molar-refractivity contribution >= 4 is 23.2 Å². The third-order valence-corrected chi connectivity index (χ3v) is 7.13. The van der Waals surface area contributed by atoms with Gasteiger partial charge in [-0.1, -0.05) is 24.6 Å². The third-order valence-electron chi connectivity index (χ3n) is 7.13. The van der Waals surface area contributed by atoms with Gasteiger partial charge in [0.15, 0.2) is 0 Å². The number of aryl methyl sites for hydroxylation is 2. The minimum atomic E-state index is -0.898. The van der Waals surface area contributed by atoms with E-state index in [0.717, 1.165) is 55.8 Å². The molecule has 1 fully saturated rings. The molecular formula is C30H43N5O3. The SMILES string of the molecule is CC(=N)c1c(NC(C)(C)C)cccc1C(C(=O)O)N1CC(OCCCCCc2ccc3c(n2)NCCC3)C1. The molecule has 4 rings (SSSR count). The van der Waals surface area contributed by atoms with Crippen LogP contribution in [0.15, 0.2) is 30.3 Å². The van der Waals surface area contributed by atoms with E-state index in [4.69, 9.17) is 15.1 Å². The number of carbonyl (C=O) groups is 1. The van der Waals surface area contributed by atoms with E-state index in [1.165, 1.54) is 12.0 Å². The standard InChI is InChI=1S/C30H43N5O3/c1-20(31)26-24(12-8-13-25(26)34-30(2,3)4)27(29(36)37)35-18-23(19-35)38-17-7-5-6-11-22-15-14-21-10-9-16-32-28(21)33-22/h8,12-15,23,27,31,34H,5-7,9-11,16-19H2,1-4H3,(H,32,33)(H,36,37). The Morgan fingerprint density at radius 1 is 1.24 bits per heavy atom. The highest BCUT2D eigenvalue weighted by molar-refractivity contribution is 6.04. The maximum absolute atomic E-state index is 12.4. The van der Waals surface area contributed by atoms with E-state index in [1.807, 2.05) is 23.1 Å². The second-order valence-corrected chi connectivity index (χ2v) is 11.6. The molecule has 0 saturated carbocycles. The number of aliphatic carboxylic acids is 1. The number of nitrogens with zero attached hydrogens (tertiary/aromatic N) is 2. The summed E-state index contributed by atoms with van der Waals surface area (Å²) in [4.78, 5) is 19.1. The topological polar surface area (TPSA) is 111 Å². The molecule has 38 heavy (non-hydrogen) atoms. The second kappa shape index (κ2) is 12.3. The van der Waals surface area contributed by atoms with Crippen molar-refractivity contribution in [1.82, 2.24) is 9.88 Å². The fraction of sp³-hybridized carbons (Fsp3) is 0.567. The monoisotopic (exact) mass is 521 g/mol. The van der Waals surface area contributed by atoms with Gasteiger partial charge in [0.25, 0.3) is 0 Å². The van der Waals surface area contributed by atoms with E-state index in [-0.39, 0.29) is 11.6 Å². The average molecular weight is 522 g/mol. The van der Waals surface area contributed by atoms with E-state index < -0.39 is 12.0 Å². The van der Waals surface area contributed by atoms with Gasteiger partial charge >= 0.3 is 5.97 Å². The number of benzene rings is 1. The van der Waals surface area contributed by atoms with Crippen LogP contribution in [0.5, 0.6) is 0 Å². The van der Waals surface area contributed by atoms with Crippen molar-refractivity contribution in [3.8, 4) is 0 Å². The van der Waals surface area contributed by atoms with Gasteiger partial charge in [0.1, 0.15) is 11.9 Å². The molecule has 0 amide bonds. The highest BCUT2D eigenvalue weighted by Gasteiger charge is 2.39. The van der Waals surface area contributed by atoms with E-state index in [1.54, 1.807) is 6.92 Å². The number of likely N-dealkylation sites (tertiary alicyclic amines) is 1. The summed E-state index contributed by atoms with van der Waals surface area (Å²) in [6, 6.07) is 9.19. The molecule has 1 atom stereocenters. The van der Waals surface area contributed by atoms with Gasteiger partial charge < -0.3 is 25.9 Å².